The number of rotatable bonds is 6. The van der Waals surface area contributed by atoms with Gasteiger partial charge in [-0.3, -0.25) is 4.79 Å². The van der Waals surface area contributed by atoms with Crippen LogP contribution in [-0.2, 0) is 16.6 Å². The molecule has 0 saturated carbocycles. The van der Waals surface area contributed by atoms with E-state index in [0.717, 1.165) is 15.6 Å². The summed E-state index contributed by atoms with van der Waals surface area (Å²) >= 11 is 3.25. The van der Waals surface area contributed by atoms with E-state index in [1.54, 1.807) is 26.3 Å². The number of hydrogen-bond acceptors (Lipinski definition) is 4. The SMILES string of the molecule is COc1ccc(CN(C)C(=O)c2ccc(Br)c(S(=O)(=O)N(C)C)c2)cc1. The zero-order chi connectivity index (χ0) is 19.5. The van der Waals surface area contributed by atoms with E-state index in [9.17, 15) is 13.2 Å². The van der Waals surface area contributed by atoms with Crippen molar-refractivity contribution in [1.29, 1.82) is 0 Å². The largest absolute Gasteiger partial charge is 0.497 e. The molecule has 26 heavy (non-hydrogen) atoms. The molecule has 0 spiro atoms. The molecule has 0 aliphatic heterocycles. The molecule has 0 unspecified atom stereocenters. The first-order valence-electron chi connectivity index (χ1n) is 7.77. The smallest absolute Gasteiger partial charge is 0.253 e. The number of carbonyl (C=O) groups is 1. The van der Waals surface area contributed by atoms with Crippen LogP contribution in [0, 0.1) is 0 Å². The number of amides is 1. The fraction of sp³-hybridized carbons (Fsp3) is 0.278. The van der Waals surface area contributed by atoms with E-state index in [4.69, 9.17) is 4.74 Å². The second-order valence-electron chi connectivity index (χ2n) is 5.94. The van der Waals surface area contributed by atoms with Crippen LogP contribution in [0.3, 0.4) is 0 Å². The number of hydrogen-bond donors (Lipinski definition) is 0. The number of methoxy groups -OCH3 is 1. The molecular weight excluding hydrogens is 420 g/mol. The molecule has 0 aliphatic carbocycles. The third-order valence-electron chi connectivity index (χ3n) is 3.86. The summed E-state index contributed by atoms with van der Waals surface area (Å²) in [6, 6.07) is 12.0. The maximum atomic E-state index is 12.7. The van der Waals surface area contributed by atoms with E-state index in [-0.39, 0.29) is 10.8 Å². The predicted octanol–water partition coefficient (Wildman–Crippen LogP) is 2.98. The highest BCUT2D eigenvalue weighted by Gasteiger charge is 2.23. The molecule has 8 heteroatoms. The van der Waals surface area contributed by atoms with Crippen molar-refractivity contribution in [3.8, 4) is 5.75 Å². The van der Waals surface area contributed by atoms with Crippen LogP contribution < -0.4 is 4.74 Å². The van der Waals surface area contributed by atoms with Gasteiger partial charge in [-0.25, -0.2) is 12.7 Å². The first-order valence-corrected chi connectivity index (χ1v) is 10.0. The van der Waals surface area contributed by atoms with Gasteiger partial charge in [0.15, 0.2) is 0 Å². The Kier molecular flexibility index (Phi) is 6.44. The van der Waals surface area contributed by atoms with E-state index in [2.05, 4.69) is 15.9 Å². The summed E-state index contributed by atoms with van der Waals surface area (Å²) < 4.78 is 31.5. The van der Waals surface area contributed by atoms with Gasteiger partial charge >= 0.3 is 0 Å². The fourth-order valence-corrected chi connectivity index (χ4v) is 4.17. The maximum Gasteiger partial charge on any atom is 0.253 e. The van der Waals surface area contributed by atoms with Crippen molar-refractivity contribution >= 4 is 31.9 Å². The fourth-order valence-electron chi connectivity index (χ4n) is 2.33. The van der Waals surface area contributed by atoms with Gasteiger partial charge in [-0.15, -0.1) is 0 Å². The van der Waals surface area contributed by atoms with Crippen LogP contribution in [0.2, 0.25) is 0 Å². The second-order valence-corrected chi connectivity index (χ2v) is 8.92. The summed E-state index contributed by atoms with van der Waals surface area (Å²) in [6.45, 7) is 0.397. The average molecular weight is 441 g/mol. The van der Waals surface area contributed by atoms with Gasteiger partial charge in [0.25, 0.3) is 5.91 Å². The molecule has 0 aromatic heterocycles. The van der Waals surface area contributed by atoms with Gasteiger partial charge in [-0.1, -0.05) is 12.1 Å². The van der Waals surface area contributed by atoms with Gasteiger partial charge in [-0.05, 0) is 51.8 Å². The molecule has 0 N–H and O–H groups in total. The molecule has 0 bridgehead atoms. The Labute approximate surface area is 162 Å². The van der Waals surface area contributed by atoms with Crippen molar-refractivity contribution in [2.24, 2.45) is 0 Å². The van der Waals surface area contributed by atoms with E-state index in [1.165, 1.54) is 25.1 Å². The monoisotopic (exact) mass is 440 g/mol. The number of halogens is 1. The number of nitrogens with zero attached hydrogens (tertiary/aromatic N) is 2. The van der Waals surface area contributed by atoms with Crippen LogP contribution in [-0.4, -0.2) is 51.8 Å². The Morgan fingerprint density at radius 2 is 1.69 bits per heavy atom. The molecule has 140 valence electrons. The number of ether oxygens (including phenoxy) is 1. The Bertz CT molecular complexity index is 896. The van der Waals surface area contributed by atoms with Crippen molar-refractivity contribution in [2.45, 2.75) is 11.4 Å². The highest BCUT2D eigenvalue weighted by molar-refractivity contribution is 9.10. The van der Waals surface area contributed by atoms with Crippen LogP contribution in [0.4, 0.5) is 0 Å². The van der Waals surface area contributed by atoms with Crippen LogP contribution in [0.15, 0.2) is 51.8 Å². The molecule has 0 radical (unpaired) electrons. The Balaban J connectivity index is 2.25. The summed E-state index contributed by atoms with van der Waals surface area (Å²) in [5, 5.41) is 0. The first kappa shape index (κ1) is 20.4. The van der Waals surface area contributed by atoms with E-state index < -0.39 is 10.0 Å². The number of benzene rings is 2. The number of carbonyl (C=O) groups excluding carboxylic acids is 1. The van der Waals surface area contributed by atoms with Gasteiger partial charge < -0.3 is 9.64 Å². The molecule has 0 saturated heterocycles. The van der Waals surface area contributed by atoms with Crippen LogP contribution in [0.5, 0.6) is 5.75 Å². The third kappa shape index (κ3) is 4.44. The molecule has 0 heterocycles. The first-order chi connectivity index (χ1) is 12.2. The van der Waals surface area contributed by atoms with Gasteiger partial charge in [0.2, 0.25) is 10.0 Å². The Hall–Kier alpha value is -1.90. The Morgan fingerprint density at radius 3 is 2.23 bits per heavy atom. The van der Waals surface area contributed by atoms with E-state index in [1.807, 2.05) is 24.3 Å². The molecule has 0 atom stereocenters. The van der Waals surface area contributed by atoms with Crippen molar-refractivity contribution in [3.05, 3.63) is 58.1 Å². The molecule has 6 nitrogen and oxygen atoms in total. The zero-order valence-corrected chi connectivity index (χ0v) is 17.5. The van der Waals surface area contributed by atoms with E-state index in [0.29, 0.717) is 16.6 Å². The minimum absolute atomic E-state index is 0.0613. The second kappa shape index (κ2) is 8.20. The summed E-state index contributed by atoms with van der Waals surface area (Å²) in [5.74, 6) is 0.484. The van der Waals surface area contributed by atoms with Crippen LogP contribution in [0.25, 0.3) is 0 Å². The molecule has 0 fully saturated rings. The minimum atomic E-state index is -3.65. The molecule has 0 aliphatic rings. The predicted molar refractivity (Wildman–Crippen MR) is 104 cm³/mol. The summed E-state index contributed by atoms with van der Waals surface area (Å²) in [5.41, 5.74) is 1.25. The van der Waals surface area contributed by atoms with Gasteiger partial charge in [0.1, 0.15) is 5.75 Å². The summed E-state index contributed by atoms with van der Waals surface area (Å²) in [6.07, 6.45) is 0. The van der Waals surface area contributed by atoms with Crippen molar-refractivity contribution < 1.29 is 17.9 Å². The Morgan fingerprint density at radius 1 is 1.08 bits per heavy atom. The minimum Gasteiger partial charge on any atom is -0.497 e. The molecule has 2 rings (SSSR count). The van der Waals surface area contributed by atoms with E-state index >= 15 is 0 Å². The summed E-state index contributed by atoms with van der Waals surface area (Å²) in [7, 11) is 2.52. The standard InChI is InChI=1S/C18H21BrN2O4S/c1-20(2)26(23,24)17-11-14(7-10-16(17)19)18(22)21(3)12-13-5-8-15(25-4)9-6-13/h5-11H,12H2,1-4H3. The lowest BCUT2D eigenvalue weighted by Gasteiger charge is -2.19. The topological polar surface area (TPSA) is 66.9 Å². The molecule has 2 aromatic carbocycles. The maximum absolute atomic E-state index is 12.7. The van der Waals surface area contributed by atoms with Crippen LogP contribution >= 0.6 is 15.9 Å². The number of sulfonamides is 1. The lowest BCUT2D eigenvalue weighted by molar-refractivity contribution is 0.0785. The average Bonchev–Trinajstić information content (AvgIpc) is 2.61. The van der Waals surface area contributed by atoms with Gasteiger partial charge in [0.05, 0.1) is 12.0 Å². The summed E-state index contributed by atoms with van der Waals surface area (Å²) in [4.78, 5) is 14.3. The molecule has 2 aromatic rings. The highest BCUT2D eigenvalue weighted by Crippen LogP contribution is 2.26. The lowest BCUT2D eigenvalue weighted by atomic mass is 10.1. The van der Waals surface area contributed by atoms with Gasteiger partial charge in [0, 0.05) is 37.7 Å². The zero-order valence-electron chi connectivity index (χ0n) is 15.1. The van der Waals surface area contributed by atoms with Crippen molar-refractivity contribution in [2.75, 3.05) is 28.3 Å². The van der Waals surface area contributed by atoms with Crippen molar-refractivity contribution in [3.63, 3.8) is 0 Å². The van der Waals surface area contributed by atoms with Crippen molar-refractivity contribution in [1.82, 2.24) is 9.21 Å². The normalized spacial score (nSPS) is 11.5. The van der Waals surface area contributed by atoms with Crippen LogP contribution in [0.1, 0.15) is 15.9 Å². The highest BCUT2D eigenvalue weighted by atomic mass is 79.9. The third-order valence-corrected chi connectivity index (χ3v) is 6.67. The molecule has 1 amide bonds. The quantitative estimate of drug-likeness (QED) is 0.692. The lowest BCUT2D eigenvalue weighted by Crippen LogP contribution is -2.27. The molecular formula is C18H21BrN2O4S. The van der Waals surface area contributed by atoms with Gasteiger partial charge in [-0.2, -0.15) is 0 Å².